The van der Waals surface area contributed by atoms with Crippen LogP contribution in [-0.2, 0) is 24.9 Å². The Morgan fingerprint density at radius 3 is 2.48 bits per heavy atom. The molecule has 0 amide bonds. The summed E-state index contributed by atoms with van der Waals surface area (Å²) in [5.41, 5.74) is 2.32. The lowest BCUT2D eigenvalue weighted by Crippen LogP contribution is -2.27. The van der Waals surface area contributed by atoms with E-state index in [9.17, 15) is 4.79 Å². The summed E-state index contributed by atoms with van der Waals surface area (Å²) in [6.07, 6.45) is 1.81. The average molecular weight is 286 g/mol. The molecular formula is C17H22N2O2. The number of nitrogens with zero attached hydrogens (tertiary/aromatic N) is 2. The smallest absolute Gasteiger partial charge is 0.250 e. The maximum atomic E-state index is 11.7. The van der Waals surface area contributed by atoms with Crippen molar-refractivity contribution in [2.75, 3.05) is 20.3 Å². The van der Waals surface area contributed by atoms with Gasteiger partial charge in [-0.2, -0.15) is 0 Å². The molecular weight excluding hydrogens is 264 g/mol. The van der Waals surface area contributed by atoms with Gasteiger partial charge in [-0.05, 0) is 17.2 Å². The van der Waals surface area contributed by atoms with E-state index in [1.54, 1.807) is 24.8 Å². The summed E-state index contributed by atoms with van der Waals surface area (Å²) in [6.45, 7) is 3.10. The maximum absolute atomic E-state index is 11.7. The van der Waals surface area contributed by atoms with Gasteiger partial charge in [0.1, 0.15) is 0 Å². The van der Waals surface area contributed by atoms with Crippen LogP contribution in [0.3, 0.4) is 0 Å². The molecule has 2 aromatic rings. The predicted octanol–water partition coefficient (Wildman–Crippen LogP) is 2.03. The van der Waals surface area contributed by atoms with E-state index < -0.39 is 0 Å². The molecule has 0 N–H and O–H groups in total. The summed E-state index contributed by atoms with van der Waals surface area (Å²) in [5, 5.41) is 0. The van der Waals surface area contributed by atoms with Crippen molar-refractivity contribution in [3.63, 3.8) is 0 Å². The molecule has 0 saturated heterocycles. The molecule has 0 fully saturated rings. The molecule has 0 aliphatic carbocycles. The van der Waals surface area contributed by atoms with E-state index in [4.69, 9.17) is 4.74 Å². The van der Waals surface area contributed by atoms with Crippen molar-refractivity contribution in [3.8, 4) is 0 Å². The molecule has 1 aromatic carbocycles. The van der Waals surface area contributed by atoms with Gasteiger partial charge in [0, 0.05) is 46.1 Å². The fourth-order valence-electron chi connectivity index (χ4n) is 2.22. The Morgan fingerprint density at radius 2 is 1.81 bits per heavy atom. The highest BCUT2D eigenvalue weighted by Gasteiger charge is 2.07. The molecule has 112 valence electrons. The van der Waals surface area contributed by atoms with Gasteiger partial charge in [-0.3, -0.25) is 9.69 Å². The van der Waals surface area contributed by atoms with Gasteiger partial charge in [0.05, 0.1) is 6.61 Å². The van der Waals surface area contributed by atoms with Crippen molar-refractivity contribution < 1.29 is 4.74 Å². The first-order valence-electron chi connectivity index (χ1n) is 7.10. The van der Waals surface area contributed by atoms with Gasteiger partial charge < -0.3 is 9.30 Å². The Labute approximate surface area is 125 Å². The second-order valence-corrected chi connectivity index (χ2v) is 5.17. The molecule has 0 aliphatic rings. The van der Waals surface area contributed by atoms with Crippen LogP contribution < -0.4 is 5.56 Å². The number of ether oxygens (including phenoxy) is 1. The molecule has 0 spiro atoms. The van der Waals surface area contributed by atoms with Gasteiger partial charge in [0.15, 0.2) is 0 Å². The number of pyridine rings is 1. The Bertz CT molecular complexity index is 608. The fourth-order valence-corrected chi connectivity index (χ4v) is 2.22. The van der Waals surface area contributed by atoms with Crippen LogP contribution in [0.4, 0.5) is 0 Å². The second-order valence-electron chi connectivity index (χ2n) is 5.17. The Hall–Kier alpha value is -1.91. The molecule has 21 heavy (non-hydrogen) atoms. The van der Waals surface area contributed by atoms with Gasteiger partial charge >= 0.3 is 0 Å². The Balaban J connectivity index is 2.08. The molecule has 4 heteroatoms. The molecule has 0 aliphatic heterocycles. The van der Waals surface area contributed by atoms with Crippen LogP contribution in [-0.4, -0.2) is 29.7 Å². The molecule has 0 unspecified atom stereocenters. The second kappa shape index (κ2) is 7.76. The van der Waals surface area contributed by atoms with Crippen molar-refractivity contribution in [1.82, 2.24) is 9.47 Å². The van der Waals surface area contributed by atoms with Crippen molar-refractivity contribution in [2.45, 2.75) is 13.1 Å². The first-order valence-corrected chi connectivity index (χ1v) is 7.10. The number of rotatable bonds is 7. The van der Waals surface area contributed by atoms with Gasteiger partial charge in [0.25, 0.3) is 5.56 Å². The van der Waals surface area contributed by atoms with Crippen LogP contribution >= 0.6 is 0 Å². The zero-order valence-corrected chi connectivity index (χ0v) is 12.7. The SMILES string of the molecule is COCCN(Cc1ccccc1)Cc1ccn(C)c(=O)c1. The molecule has 2 rings (SSSR count). The topological polar surface area (TPSA) is 34.5 Å². The number of hydrogen-bond acceptors (Lipinski definition) is 3. The van der Waals surface area contributed by atoms with Gasteiger partial charge in [-0.25, -0.2) is 0 Å². The number of aromatic nitrogens is 1. The lowest BCUT2D eigenvalue weighted by atomic mass is 10.2. The highest BCUT2D eigenvalue weighted by Crippen LogP contribution is 2.08. The number of hydrogen-bond donors (Lipinski definition) is 0. The van der Waals surface area contributed by atoms with Crippen LogP contribution in [0.1, 0.15) is 11.1 Å². The number of methoxy groups -OCH3 is 1. The van der Waals surface area contributed by atoms with Crippen molar-refractivity contribution in [3.05, 3.63) is 70.1 Å². The average Bonchev–Trinajstić information content (AvgIpc) is 2.49. The van der Waals surface area contributed by atoms with Crippen molar-refractivity contribution in [2.24, 2.45) is 7.05 Å². The van der Waals surface area contributed by atoms with Gasteiger partial charge in [-0.1, -0.05) is 30.3 Å². The van der Waals surface area contributed by atoms with E-state index in [2.05, 4.69) is 17.0 Å². The van der Waals surface area contributed by atoms with E-state index in [0.29, 0.717) is 6.61 Å². The minimum Gasteiger partial charge on any atom is -0.383 e. The van der Waals surface area contributed by atoms with Crippen molar-refractivity contribution in [1.29, 1.82) is 0 Å². The van der Waals surface area contributed by atoms with E-state index in [-0.39, 0.29) is 5.56 Å². The normalized spacial score (nSPS) is 11.0. The summed E-state index contributed by atoms with van der Waals surface area (Å²) in [5.74, 6) is 0. The van der Waals surface area contributed by atoms with E-state index >= 15 is 0 Å². The summed E-state index contributed by atoms with van der Waals surface area (Å²) in [4.78, 5) is 14.0. The van der Waals surface area contributed by atoms with Gasteiger partial charge in [0.2, 0.25) is 0 Å². The third-order valence-corrected chi connectivity index (χ3v) is 3.44. The molecule has 0 bridgehead atoms. The predicted molar refractivity (Wildman–Crippen MR) is 84.1 cm³/mol. The number of aryl methyl sites for hydroxylation is 1. The monoisotopic (exact) mass is 286 g/mol. The lowest BCUT2D eigenvalue weighted by Gasteiger charge is -2.22. The Morgan fingerprint density at radius 1 is 1.10 bits per heavy atom. The van der Waals surface area contributed by atoms with E-state index in [0.717, 1.165) is 25.2 Å². The molecule has 0 saturated carbocycles. The first kappa shape index (κ1) is 15.5. The molecule has 0 atom stereocenters. The summed E-state index contributed by atoms with van der Waals surface area (Å²) in [7, 11) is 3.47. The molecule has 0 radical (unpaired) electrons. The standard InChI is InChI=1S/C17H22N2O2/c1-18-9-8-16(12-17(18)20)14-19(10-11-21-2)13-15-6-4-3-5-7-15/h3-9,12H,10-11,13-14H2,1-2H3. The van der Waals surface area contributed by atoms with Crippen LogP contribution in [0.15, 0.2) is 53.5 Å². The van der Waals surface area contributed by atoms with Crippen LogP contribution in [0, 0.1) is 0 Å². The highest BCUT2D eigenvalue weighted by atomic mass is 16.5. The van der Waals surface area contributed by atoms with Gasteiger partial charge in [-0.15, -0.1) is 0 Å². The zero-order chi connectivity index (χ0) is 15.1. The van der Waals surface area contributed by atoms with Crippen LogP contribution in [0.2, 0.25) is 0 Å². The Kier molecular flexibility index (Phi) is 5.72. The first-order chi connectivity index (χ1) is 10.2. The minimum absolute atomic E-state index is 0.0268. The zero-order valence-electron chi connectivity index (χ0n) is 12.7. The lowest BCUT2D eigenvalue weighted by molar-refractivity contribution is 0.140. The molecule has 1 heterocycles. The highest BCUT2D eigenvalue weighted by molar-refractivity contribution is 5.15. The summed E-state index contributed by atoms with van der Waals surface area (Å²) in [6, 6.07) is 14.0. The van der Waals surface area contributed by atoms with Crippen molar-refractivity contribution >= 4 is 0 Å². The third kappa shape index (κ3) is 4.85. The third-order valence-electron chi connectivity index (χ3n) is 3.44. The van der Waals surface area contributed by atoms with Crippen LogP contribution in [0.25, 0.3) is 0 Å². The summed E-state index contributed by atoms with van der Waals surface area (Å²) >= 11 is 0. The number of benzene rings is 1. The maximum Gasteiger partial charge on any atom is 0.250 e. The molecule has 1 aromatic heterocycles. The largest absolute Gasteiger partial charge is 0.383 e. The molecule has 4 nitrogen and oxygen atoms in total. The van der Waals surface area contributed by atoms with E-state index in [1.165, 1.54) is 5.56 Å². The minimum atomic E-state index is 0.0268. The quantitative estimate of drug-likeness (QED) is 0.781. The van der Waals surface area contributed by atoms with E-state index in [1.807, 2.05) is 30.5 Å². The fraction of sp³-hybridized carbons (Fsp3) is 0.353. The van der Waals surface area contributed by atoms with Crippen LogP contribution in [0.5, 0.6) is 0 Å². The summed E-state index contributed by atoms with van der Waals surface area (Å²) < 4.78 is 6.77.